The van der Waals surface area contributed by atoms with Crippen LogP contribution >= 0.6 is 0 Å². The largest absolute Gasteiger partial charge is 0.497 e. The van der Waals surface area contributed by atoms with Crippen LogP contribution in [0.25, 0.3) is 0 Å². The maximum atomic E-state index is 13.8. The van der Waals surface area contributed by atoms with Crippen molar-refractivity contribution in [1.29, 1.82) is 0 Å². The van der Waals surface area contributed by atoms with Crippen molar-refractivity contribution in [3.05, 3.63) is 59.7 Å². The highest BCUT2D eigenvalue weighted by Gasteiger charge is 2.26. The van der Waals surface area contributed by atoms with Crippen molar-refractivity contribution in [1.82, 2.24) is 4.90 Å². The first-order chi connectivity index (χ1) is 11.6. The predicted octanol–water partition coefficient (Wildman–Crippen LogP) is 2.94. The van der Waals surface area contributed by atoms with Crippen molar-refractivity contribution in [3.63, 3.8) is 0 Å². The van der Waals surface area contributed by atoms with Gasteiger partial charge in [0.2, 0.25) is 0 Å². The fourth-order valence-electron chi connectivity index (χ4n) is 2.82. The Morgan fingerprint density at radius 2 is 1.54 bits per heavy atom. The summed E-state index contributed by atoms with van der Waals surface area (Å²) >= 11 is 0. The summed E-state index contributed by atoms with van der Waals surface area (Å²) in [6, 6.07) is 11.1. The Balaban J connectivity index is 1.67. The summed E-state index contributed by atoms with van der Waals surface area (Å²) in [7, 11) is 1.61. The molecule has 1 aliphatic heterocycles. The topological polar surface area (TPSA) is 32.8 Å². The number of hydrogen-bond acceptors (Lipinski definition) is 3. The van der Waals surface area contributed by atoms with Gasteiger partial charge in [0.15, 0.2) is 0 Å². The number of carbonyl (C=O) groups excluding carboxylic acids is 1. The number of rotatable bonds is 3. The first kappa shape index (κ1) is 16.2. The fourth-order valence-corrected chi connectivity index (χ4v) is 2.82. The molecule has 0 atom stereocenters. The van der Waals surface area contributed by atoms with Gasteiger partial charge in [-0.3, -0.25) is 4.79 Å². The predicted molar refractivity (Wildman–Crippen MR) is 87.5 cm³/mol. The van der Waals surface area contributed by atoms with Crippen molar-refractivity contribution in [2.75, 3.05) is 38.2 Å². The molecule has 0 radical (unpaired) electrons. The smallest absolute Gasteiger partial charge is 0.259 e. The zero-order valence-corrected chi connectivity index (χ0v) is 13.3. The maximum absolute atomic E-state index is 13.8. The monoisotopic (exact) mass is 332 g/mol. The van der Waals surface area contributed by atoms with E-state index in [0.29, 0.717) is 26.2 Å². The van der Waals surface area contributed by atoms with Crippen LogP contribution < -0.4 is 9.64 Å². The quantitative estimate of drug-likeness (QED) is 0.866. The number of nitrogens with zero attached hydrogens (tertiary/aromatic N) is 2. The van der Waals surface area contributed by atoms with Gasteiger partial charge >= 0.3 is 0 Å². The average Bonchev–Trinajstić information content (AvgIpc) is 2.62. The van der Waals surface area contributed by atoms with Gasteiger partial charge in [-0.15, -0.1) is 0 Å². The van der Waals surface area contributed by atoms with E-state index in [2.05, 4.69) is 4.90 Å². The summed E-state index contributed by atoms with van der Waals surface area (Å²) in [6.45, 7) is 2.04. The van der Waals surface area contributed by atoms with Crippen LogP contribution in [0.15, 0.2) is 42.5 Å². The molecule has 0 spiro atoms. The van der Waals surface area contributed by atoms with Gasteiger partial charge in [-0.1, -0.05) is 6.07 Å². The lowest BCUT2D eigenvalue weighted by Gasteiger charge is -2.36. The second-order valence-corrected chi connectivity index (χ2v) is 5.57. The molecular weight excluding hydrogens is 314 g/mol. The van der Waals surface area contributed by atoms with Crippen LogP contribution in [0.2, 0.25) is 0 Å². The van der Waals surface area contributed by atoms with Gasteiger partial charge < -0.3 is 14.5 Å². The van der Waals surface area contributed by atoms with E-state index >= 15 is 0 Å². The fraction of sp³-hybridized carbons (Fsp3) is 0.278. The summed E-state index contributed by atoms with van der Waals surface area (Å²) in [5.74, 6) is -1.46. The van der Waals surface area contributed by atoms with Crippen LogP contribution in [0.1, 0.15) is 10.4 Å². The maximum Gasteiger partial charge on any atom is 0.259 e. The second kappa shape index (κ2) is 6.86. The number of methoxy groups -OCH3 is 1. The number of benzene rings is 2. The minimum Gasteiger partial charge on any atom is -0.497 e. The van der Waals surface area contributed by atoms with Crippen LogP contribution in [0.4, 0.5) is 14.5 Å². The molecule has 0 aromatic heterocycles. The van der Waals surface area contributed by atoms with Crippen molar-refractivity contribution < 1.29 is 18.3 Å². The number of anilines is 1. The first-order valence-corrected chi connectivity index (χ1v) is 7.72. The van der Waals surface area contributed by atoms with Gasteiger partial charge in [-0.05, 0) is 36.4 Å². The van der Waals surface area contributed by atoms with Gasteiger partial charge in [-0.25, -0.2) is 8.78 Å². The van der Waals surface area contributed by atoms with Crippen molar-refractivity contribution in [2.45, 2.75) is 0 Å². The molecule has 24 heavy (non-hydrogen) atoms. The highest BCUT2D eigenvalue weighted by Crippen LogP contribution is 2.22. The van der Waals surface area contributed by atoms with Crippen LogP contribution in [-0.2, 0) is 0 Å². The highest BCUT2D eigenvalue weighted by molar-refractivity contribution is 5.95. The standard InChI is InChI=1S/C18H18F2N2O2/c1-24-14-7-5-13(6-8-14)21-9-11-22(12-10-21)18(23)17-15(19)3-2-4-16(17)20/h2-8H,9-12H2,1H3. The molecular formula is C18H18F2N2O2. The van der Waals surface area contributed by atoms with Crippen LogP contribution in [0.3, 0.4) is 0 Å². The molecule has 3 rings (SSSR count). The molecule has 6 heteroatoms. The molecule has 0 aliphatic carbocycles. The van der Waals surface area contributed by atoms with E-state index in [1.54, 1.807) is 7.11 Å². The lowest BCUT2D eigenvalue weighted by molar-refractivity contribution is 0.0737. The second-order valence-electron chi connectivity index (χ2n) is 5.57. The zero-order valence-electron chi connectivity index (χ0n) is 13.3. The van der Waals surface area contributed by atoms with Gasteiger partial charge in [0.05, 0.1) is 7.11 Å². The molecule has 1 amide bonds. The third-order valence-electron chi connectivity index (χ3n) is 4.18. The molecule has 1 saturated heterocycles. The van der Waals surface area contributed by atoms with Gasteiger partial charge in [0.1, 0.15) is 22.9 Å². The molecule has 1 aliphatic rings. The summed E-state index contributed by atoms with van der Waals surface area (Å²) in [5, 5.41) is 0. The Hall–Kier alpha value is -2.63. The summed E-state index contributed by atoms with van der Waals surface area (Å²) in [5.41, 5.74) is 0.551. The van der Waals surface area contributed by atoms with Crippen LogP contribution in [0.5, 0.6) is 5.75 Å². The van der Waals surface area contributed by atoms with Crippen molar-refractivity contribution in [3.8, 4) is 5.75 Å². The Morgan fingerprint density at radius 1 is 0.958 bits per heavy atom. The van der Waals surface area contributed by atoms with E-state index < -0.39 is 23.1 Å². The van der Waals surface area contributed by atoms with E-state index in [0.717, 1.165) is 23.6 Å². The van der Waals surface area contributed by atoms with E-state index in [1.807, 2.05) is 24.3 Å². The highest BCUT2D eigenvalue weighted by atomic mass is 19.1. The molecule has 0 saturated carbocycles. The molecule has 0 unspecified atom stereocenters. The first-order valence-electron chi connectivity index (χ1n) is 7.72. The number of hydrogen-bond donors (Lipinski definition) is 0. The molecule has 0 N–H and O–H groups in total. The normalized spacial score (nSPS) is 14.6. The molecule has 1 heterocycles. The summed E-state index contributed by atoms with van der Waals surface area (Å²) < 4.78 is 32.7. The lowest BCUT2D eigenvalue weighted by atomic mass is 10.1. The lowest BCUT2D eigenvalue weighted by Crippen LogP contribution is -2.49. The summed E-state index contributed by atoms with van der Waals surface area (Å²) in [6.07, 6.45) is 0. The Kier molecular flexibility index (Phi) is 4.64. The number of halogens is 2. The van der Waals surface area contributed by atoms with Crippen LogP contribution in [-0.4, -0.2) is 44.1 Å². The SMILES string of the molecule is COc1ccc(N2CCN(C(=O)c3c(F)cccc3F)CC2)cc1. The van der Waals surface area contributed by atoms with Gasteiger partial charge in [-0.2, -0.15) is 0 Å². The third-order valence-corrected chi connectivity index (χ3v) is 4.18. The number of carbonyl (C=O) groups is 1. The Bertz CT molecular complexity index is 706. The van der Waals surface area contributed by atoms with E-state index in [-0.39, 0.29) is 0 Å². The van der Waals surface area contributed by atoms with Gasteiger partial charge in [0.25, 0.3) is 5.91 Å². The summed E-state index contributed by atoms with van der Waals surface area (Å²) in [4.78, 5) is 16.0. The molecule has 0 bridgehead atoms. The van der Waals surface area contributed by atoms with E-state index in [4.69, 9.17) is 4.74 Å². The van der Waals surface area contributed by atoms with E-state index in [1.165, 1.54) is 11.0 Å². The van der Waals surface area contributed by atoms with Gasteiger partial charge in [0, 0.05) is 31.9 Å². The number of piperazine rings is 1. The minimum absolute atomic E-state index is 0.415. The minimum atomic E-state index is -0.822. The third kappa shape index (κ3) is 3.18. The van der Waals surface area contributed by atoms with Crippen LogP contribution in [0, 0.1) is 11.6 Å². The zero-order chi connectivity index (χ0) is 17.1. The molecule has 126 valence electrons. The van der Waals surface area contributed by atoms with Crippen molar-refractivity contribution >= 4 is 11.6 Å². The Labute approximate surface area is 139 Å². The number of amides is 1. The molecule has 2 aromatic rings. The Morgan fingerprint density at radius 3 is 2.08 bits per heavy atom. The van der Waals surface area contributed by atoms with E-state index in [9.17, 15) is 13.6 Å². The molecule has 1 fully saturated rings. The number of ether oxygens (including phenoxy) is 1. The molecule has 4 nitrogen and oxygen atoms in total. The average molecular weight is 332 g/mol. The van der Waals surface area contributed by atoms with Crippen molar-refractivity contribution in [2.24, 2.45) is 0 Å². The molecule has 2 aromatic carbocycles.